The zero-order valence-corrected chi connectivity index (χ0v) is 13.5. The van der Waals surface area contributed by atoms with Gasteiger partial charge in [0.05, 0.1) is 11.9 Å². The van der Waals surface area contributed by atoms with Crippen LogP contribution in [0, 0.1) is 6.92 Å². The summed E-state index contributed by atoms with van der Waals surface area (Å²) in [5.74, 6) is -0.290. The number of rotatable bonds is 6. The van der Waals surface area contributed by atoms with E-state index < -0.39 is 0 Å². The molecule has 0 saturated carbocycles. The quantitative estimate of drug-likeness (QED) is 0.496. The smallest absolute Gasteiger partial charge is 0.214 e. The number of hydrazone groups is 1. The number of carbonyl (C=O) groups excluding carboxylic acids is 1. The second-order valence-corrected chi connectivity index (χ2v) is 5.16. The van der Waals surface area contributed by atoms with Gasteiger partial charge in [-0.05, 0) is 43.3 Å². The Kier molecular flexibility index (Phi) is 5.88. The molecule has 1 N–H and O–H groups in total. The van der Waals surface area contributed by atoms with Crippen LogP contribution in [0.1, 0.15) is 15.9 Å². The van der Waals surface area contributed by atoms with Crippen molar-refractivity contribution in [3.8, 4) is 0 Å². The van der Waals surface area contributed by atoms with Crippen molar-refractivity contribution in [2.75, 3.05) is 12.5 Å². The molecule has 6 heteroatoms. The average Bonchev–Trinajstić information content (AvgIpc) is 2.56. The van der Waals surface area contributed by atoms with Gasteiger partial charge in [-0.3, -0.25) is 10.2 Å². The molecule has 0 bridgehead atoms. The van der Waals surface area contributed by atoms with E-state index in [0.717, 1.165) is 11.3 Å². The van der Waals surface area contributed by atoms with E-state index in [1.165, 1.54) is 13.3 Å². The molecule has 0 aromatic heterocycles. The number of Topliss-reactive ketones (excluding diaryl/α,β-unsaturated/α-hetero) is 1. The fourth-order valence-corrected chi connectivity index (χ4v) is 1.87. The van der Waals surface area contributed by atoms with E-state index >= 15 is 0 Å². The Morgan fingerprint density at radius 1 is 1.13 bits per heavy atom. The number of anilines is 1. The first kappa shape index (κ1) is 16.7. The van der Waals surface area contributed by atoms with Crippen molar-refractivity contribution >= 4 is 35.0 Å². The van der Waals surface area contributed by atoms with Gasteiger partial charge in [0.2, 0.25) is 5.78 Å². The summed E-state index contributed by atoms with van der Waals surface area (Å²) in [4.78, 5) is 17.1. The number of hydrogen-bond donors (Lipinski definition) is 1. The number of halogens is 1. The molecule has 118 valence electrons. The van der Waals surface area contributed by atoms with Gasteiger partial charge in [-0.1, -0.05) is 34.5 Å². The van der Waals surface area contributed by atoms with E-state index in [2.05, 4.69) is 20.5 Å². The van der Waals surface area contributed by atoms with Gasteiger partial charge in [0.25, 0.3) is 0 Å². The highest BCUT2D eigenvalue weighted by atomic mass is 35.5. The van der Waals surface area contributed by atoms with Crippen LogP contribution in [0.5, 0.6) is 0 Å². The third-order valence-electron chi connectivity index (χ3n) is 2.98. The normalized spacial score (nSPS) is 11.5. The van der Waals surface area contributed by atoms with Crippen molar-refractivity contribution in [2.45, 2.75) is 6.92 Å². The van der Waals surface area contributed by atoms with E-state index in [9.17, 15) is 4.79 Å². The molecule has 0 amide bonds. The van der Waals surface area contributed by atoms with Crippen molar-refractivity contribution in [3.05, 3.63) is 64.7 Å². The number of hydrogen-bond acceptors (Lipinski definition) is 5. The van der Waals surface area contributed by atoms with Crippen molar-refractivity contribution in [1.29, 1.82) is 0 Å². The molecule has 2 aromatic rings. The van der Waals surface area contributed by atoms with Crippen LogP contribution in [0.4, 0.5) is 5.69 Å². The molecular weight excluding hydrogens is 314 g/mol. The van der Waals surface area contributed by atoms with Crippen molar-refractivity contribution in [2.24, 2.45) is 10.3 Å². The van der Waals surface area contributed by atoms with Gasteiger partial charge in [0.15, 0.2) is 5.71 Å². The first-order valence-corrected chi connectivity index (χ1v) is 7.25. The van der Waals surface area contributed by atoms with E-state index in [-0.39, 0.29) is 11.5 Å². The predicted octanol–water partition coefficient (Wildman–Crippen LogP) is 3.93. The number of oxime groups is 1. The lowest BCUT2D eigenvalue weighted by Crippen LogP contribution is -2.17. The molecule has 0 aliphatic rings. The second-order valence-electron chi connectivity index (χ2n) is 4.73. The number of aryl methyl sites for hydroxylation is 1. The van der Waals surface area contributed by atoms with Crippen LogP contribution in [-0.2, 0) is 4.84 Å². The minimum Gasteiger partial charge on any atom is -0.399 e. The maximum atomic E-state index is 12.5. The first-order chi connectivity index (χ1) is 11.1. The lowest BCUT2D eigenvalue weighted by Gasteiger charge is -2.04. The Hall–Kier alpha value is -2.66. The SMILES string of the molecule is CO/N=C/C(=N\Nc1ccc(C)cc1)C(=O)c1ccc(Cl)cc1. The monoisotopic (exact) mass is 329 g/mol. The minimum atomic E-state index is -0.290. The molecule has 0 heterocycles. The standard InChI is InChI=1S/C17H16ClN3O2/c1-12-3-9-15(10-4-12)20-21-16(11-19-23-2)17(22)13-5-7-14(18)8-6-13/h3-11,20H,1-2H3/b19-11+,21-16+. The van der Waals surface area contributed by atoms with Gasteiger partial charge in [-0.25, -0.2) is 0 Å². The van der Waals surface area contributed by atoms with Gasteiger partial charge in [-0.2, -0.15) is 5.10 Å². The van der Waals surface area contributed by atoms with Crippen molar-refractivity contribution in [3.63, 3.8) is 0 Å². The van der Waals surface area contributed by atoms with Gasteiger partial charge in [-0.15, -0.1) is 0 Å². The summed E-state index contributed by atoms with van der Waals surface area (Å²) in [7, 11) is 1.40. The molecule has 0 fully saturated rings. The number of benzene rings is 2. The molecule has 0 spiro atoms. The van der Waals surface area contributed by atoms with E-state index in [4.69, 9.17) is 11.6 Å². The summed E-state index contributed by atoms with van der Waals surface area (Å²) in [6.45, 7) is 1.99. The molecule has 0 atom stereocenters. The number of nitrogens with zero attached hydrogens (tertiary/aromatic N) is 2. The molecule has 0 aliphatic carbocycles. The van der Waals surface area contributed by atoms with Crippen LogP contribution >= 0.6 is 11.6 Å². The highest BCUT2D eigenvalue weighted by molar-refractivity contribution is 6.64. The summed E-state index contributed by atoms with van der Waals surface area (Å²) < 4.78 is 0. The van der Waals surface area contributed by atoms with Crippen molar-refractivity contribution < 1.29 is 9.63 Å². The topological polar surface area (TPSA) is 63.1 Å². The zero-order chi connectivity index (χ0) is 16.7. The fourth-order valence-electron chi connectivity index (χ4n) is 1.74. The lowest BCUT2D eigenvalue weighted by molar-refractivity contribution is 0.106. The minimum absolute atomic E-state index is 0.120. The van der Waals surface area contributed by atoms with Crippen LogP contribution < -0.4 is 5.43 Å². The zero-order valence-electron chi connectivity index (χ0n) is 12.8. The maximum Gasteiger partial charge on any atom is 0.214 e. The summed E-state index contributed by atoms with van der Waals surface area (Å²) in [6.07, 6.45) is 1.26. The molecule has 0 aliphatic heterocycles. The van der Waals surface area contributed by atoms with Gasteiger partial charge < -0.3 is 4.84 Å². The predicted molar refractivity (Wildman–Crippen MR) is 93.5 cm³/mol. The third kappa shape index (κ3) is 4.93. The molecular formula is C17H16ClN3O2. The summed E-state index contributed by atoms with van der Waals surface area (Å²) in [6, 6.07) is 14.2. The van der Waals surface area contributed by atoms with Gasteiger partial charge >= 0.3 is 0 Å². The van der Waals surface area contributed by atoms with Crippen LogP contribution in [0.3, 0.4) is 0 Å². The molecule has 5 nitrogen and oxygen atoms in total. The van der Waals surface area contributed by atoms with Crippen LogP contribution in [0.25, 0.3) is 0 Å². The maximum absolute atomic E-state index is 12.5. The van der Waals surface area contributed by atoms with Crippen LogP contribution in [0.2, 0.25) is 5.02 Å². The molecule has 0 radical (unpaired) electrons. The molecule has 2 aromatic carbocycles. The van der Waals surface area contributed by atoms with E-state index in [0.29, 0.717) is 10.6 Å². The first-order valence-electron chi connectivity index (χ1n) is 6.87. The summed E-state index contributed by atoms with van der Waals surface area (Å²) in [5, 5.41) is 8.29. The summed E-state index contributed by atoms with van der Waals surface area (Å²) >= 11 is 5.83. The van der Waals surface area contributed by atoms with Gasteiger partial charge in [0.1, 0.15) is 7.11 Å². The number of ketones is 1. The fraction of sp³-hybridized carbons (Fsp3) is 0.118. The Morgan fingerprint density at radius 3 is 2.39 bits per heavy atom. The third-order valence-corrected chi connectivity index (χ3v) is 3.23. The Labute approximate surface area is 139 Å². The van der Waals surface area contributed by atoms with Crippen LogP contribution in [-0.4, -0.2) is 24.8 Å². The van der Waals surface area contributed by atoms with E-state index in [1.54, 1.807) is 24.3 Å². The lowest BCUT2D eigenvalue weighted by atomic mass is 10.1. The molecule has 23 heavy (non-hydrogen) atoms. The van der Waals surface area contributed by atoms with Crippen molar-refractivity contribution in [1.82, 2.24) is 0 Å². The number of carbonyl (C=O) groups is 1. The van der Waals surface area contributed by atoms with Gasteiger partial charge in [0, 0.05) is 10.6 Å². The Morgan fingerprint density at radius 2 is 1.78 bits per heavy atom. The summed E-state index contributed by atoms with van der Waals surface area (Å²) in [5.41, 5.74) is 5.32. The highest BCUT2D eigenvalue weighted by Crippen LogP contribution is 2.11. The largest absolute Gasteiger partial charge is 0.399 e. The van der Waals surface area contributed by atoms with Crippen LogP contribution in [0.15, 0.2) is 58.8 Å². The Bertz CT molecular complexity index is 723. The molecule has 2 rings (SSSR count). The molecule has 0 unspecified atom stereocenters. The van der Waals surface area contributed by atoms with E-state index in [1.807, 2.05) is 31.2 Å². The average molecular weight is 330 g/mol. The molecule has 0 saturated heterocycles. The highest BCUT2D eigenvalue weighted by Gasteiger charge is 2.13. The second kappa shape index (κ2) is 8.10. The Balaban J connectivity index is 2.23. The number of nitrogens with one attached hydrogen (secondary N) is 1.